The van der Waals surface area contributed by atoms with Crippen molar-refractivity contribution in [3.05, 3.63) is 99.9 Å². The van der Waals surface area contributed by atoms with Gasteiger partial charge in [0, 0.05) is 16.7 Å². The van der Waals surface area contributed by atoms with Gasteiger partial charge in [-0.3, -0.25) is 0 Å². The van der Waals surface area contributed by atoms with Gasteiger partial charge >= 0.3 is 5.97 Å². The summed E-state index contributed by atoms with van der Waals surface area (Å²) >= 11 is 6.01. The first-order valence-corrected chi connectivity index (χ1v) is 10.2. The van der Waals surface area contributed by atoms with Crippen LogP contribution < -0.4 is 19.9 Å². The molecule has 32 heavy (non-hydrogen) atoms. The van der Waals surface area contributed by atoms with Gasteiger partial charge in [-0.1, -0.05) is 41.9 Å². The number of nitrogens with zero attached hydrogens (tertiary/aromatic N) is 1. The molecular formula is C25H19ClN2O4. The Morgan fingerprint density at radius 3 is 2.62 bits per heavy atom. The van der Waals surface area contributed by atoms with Gasteiger partial charge < -0.3 is 19.9 Å². The summed E-state index contributed by atoms with van der Waals surface area (Å²) in [6.07, 6.45) is 0. The Morgan fingerprint density at radius 2 is 1.91 bits per heavy atom. The molecule has 1 aliphatic rings. The van der Waals surface area contributed by atoms with Crippen molar-refractivity contribution >= 4 is 17.6 Å². The number of rotatable bonds is 5. The van der Waals surface area contributed by atoms with Gasteiger partial charge in [-0.15, -0.1) is 0 Å². The summed E-state index contributed by atoms with van der Waals surface area (Å²) in [7, 11) is 0. The zero-order chi connectivity index (χ0) is 22.7. The van der Waals surface area contributed by atoms with Crippen LogP contribution in [0.15, 0.2) is 78.2 Å². The third kappa shape index (κ3) is 4.53. The molecule has 0 aliphatic carbocycles. The molecule has 4 rings (SSSR count). The monoisotopic (exact) mass is 446 g/mol. The predicted octanol–water partition coefficient (Wildman–Crippen LogP) is 4.85. The van der Waals surface area contributed by atoms with Crippen LogP contribution in [0.5, 0.6) is 17.2 Å². The van der Waals surface area contributed by atoms with Crippen molar-refractivity contribution in [2.75, 3.05) is 6.61 Å². The number of carbonyl (C=O) groups is 1. The lowest BCUT2D eigenvalue weighted by atomic mass is 9.83. The summed E-state index contributed by atoms with van der Waals surface area (Å²) in [6.45, 7) is 1.70. The van der Waals surface area contributed by atoms with Gasteiger partial charge in [-0.2, -0.15) is 5.26 Å². The van der Waals surface area contributed by atoms with E-state index in [9.17, 15) is 10.1 Å². The molecule has 0 aromatic heterocycles. The maximum absolute atomic E-state index is 12.2. The van der Waals surface area contributed by atoms with E-state index in [-0.39, 0.29) is 18.2 Å². The normalized spacial score (nSPS) is 14.7. The molecule has 3 aromatic rings. The zero-order valence-electron chi connectivity index (χ0n) is 17.2. The van der Waals surface area contributed by atoms with Crippen molar-refractivity contribution in [2.24, 2.45) is 5.73 Å². The highest BCUT2D eigenvalue weighted by molar-refractivity contribution is 6.30. The van der Waals surface area contributed by atoms with Crippen molar-refractivity contribution in [1.82, 2.24) is 0 Å². The Hall–Kier alpha value is -3.95. The molecule has 1 heterocycles. The number of nitriles is 1. The molecule has 1 unspecified atom stereocenters. The zero-order valence-corrected chi connectivity index (χ0v) is 17.9. The topological polar surface area (TPSA) is 94.6 Å². The van der Waals surface area contributed by atoms with Gasteiger partial charge in [0.25, 0.3) is 0 Å². The van der Waals surface area contributed by atoms with E-state index in [4.69, 9.17) is 31.5 Å². The molecule has 0 bridgehead atoms. The van der Waals surface area contributed by atoms with Gasteiger partial charge in [0.05, 0.1) is 5.92 Å². The van der Waals surface area contributed by atoms with E-state index in [2.05, 4.69) is 6.07 Å². The summed E-state index contributed by atoms with van der Waals surface area (Å²) in [5.41, 5.74) is 8.92. The SMILES string of the molecule is Cc1cccc(OCC(=O)Oc2ccc3c(c2)OC(N)=C(C#N)C3c2ccc(Cl)cc2)c1. The highest BCUT2D eigenvalue weighted by atomic mass is 35.5. The highest BCUT2D eigenvalue weighted by Crippen LogP contribution is 2.43. The second kappa shape index (κ2) is 9.04. The van der Waals surface area contributed by atoms with E-state index in [1.54, 1.807) is 36.4 Å². The van der Waals surface area contributed by atoms with E-state index in [0.29, 0.717) is 22.1 Å². The molecule has 0 saturated heterocycles. The minimum absolute atomic E-state index is 0.00575. The van der Waals surface area contributed by atoms with Crippen LogP contribution in [0.25, 0.3) is 0 Å². The lowest BCUT2D eigenvalue weighted by Gasteiger charge is -2.26. The van der Waals surface area contributed by atoms with Crippen molar-refractivity contribution in [3.63, 3.8) is 0 Å². The van der Waals surface area contributed by atoms with E-state index in [1.165, 1.54) is 0 Å². The van der Waals surface area contributed by atoms with Gasteiger partial charge in [-0.05, 0) is 48.4 Å². The number of aryl methyl sites for hydroxylation is 1. The van der Waals surface area contributed by atoms with Crippen molar-refractivity contribution < 1.29 is 19.0 Å². The molecule has 160 valence electrons. The minimum atomic E-state index is -0.558. The quantitative estimate of drug-likeness (QED) is 0.444. The Balaban J connectivity index is 1.54. The second-order valence-electron chi connectivity index (χ2n) is 7.26. The van der Waals surface area contributed by atoms with E-state index in [1.807, 2.05) is 37.3 Å². The predicted molar refractivity (Wildman–Crippen MR) is 120 cm³/mol. The molecule has 6 nitrogen and oxygen atoms in total. The van der Waals surface area contributed by atoms with E-state index >= 15 is 0 Å². The highest BCUT2D eigenvalue weighted by Gasteiger charge is 2.31. The first-order chi connectivity index (χ1) is 15.4. The first kappa shape index (κ1) is 21.3. The Kier molecular flexibility index (Phi) is 6.02. The number of carbonyl (C=O) groups excluding carboxylic acids is 1. The third-order valence-corrected chi connectivity index (χ3v) is 5.22. The molecule has 3 aromatic carbocycles. The van der Waals surface area contributed by atoms with Crippen LogP contribution >= 0.6 is 11.6 Å². The fraction of sp³-hybridized carbons (Fsp3) is 0.120. The molecule has 0 spiro atoms. The Labute approximate surface area is 190 Å². The number of hydrogen-bond acceptors (Lipinski definition) is 6. The average molecular weight is 447 g/mol. The lowest BCUT2D eigenvalue weighted by Crippen LogP contribution is -2.21. The lowest BCUT2D eigenvalue weighted by molar-refractivity contribution is -0.136. The van der Waals surface area contributed by atoms with E-state index < -0.39 is 11.9 Å². The molecule has 0 fully saturated rings. The number of ether oxygens (including phenoxy) is 3. The summed E-state index contributed by atoms with van der Waals surface area (Å²) < 4.78 is 16.5. The third-order valence-electron chi connectivity index (χ3n) is 4.97. The molecule has 1 atom stereocenters. The first-order valence-electron chi connectivity index (χ1n) is 9.82. The summed E-state index contributed by atoms with van der Waals surface area (Å²) in [4.78, 5) is 12.2. The van der Waals surface area contributed by atoms with Crippen LogP contribution in [-0.2, 0) is 4.79 Å². The molecule has 2 N–H and O–H groups in total. The van der Waals surface area contributed by atoms with Crippen LogP contribution in [0.2, 0.25) is 5.02 Å². The molecular weight excluding hydrogens is 428 g/mol. The van der Waals surface area contributed by atoms with Crippen molar-refractivity contribution in [3.8, 4) is 23.3 Å². The average Bonchev–Trinajstić information content (AvgIpc) is 2.77. The Morgan fingerprint density at radius 1 is 1.12 bits per heavy atom. The Bertz CT molecular complexity index is 1250. The smallest absolute Gasteiger partial charge is 0.349 e. The largest absolute Gasteiger partial charge is 0.482 e. The number of nitrogens with two attached hydrogens (primary N) is 1. The maximum atomic E-state index is 12.2. The minimum Gasteiger partial charge on any atom is -0.482 e. The van der Waals surface area contributed by atoms with Crippen LogP contribution in [0.4, 0.5) is 0 Å². The van der Waals surface area contributed by atoms with Gasteiger partial charge in [0.2, 0.25) is 5.88 Å². The van der Waals surface area contributed by atoms with E-state index in [0.717, 1.165) is 16.7 Å². The number of allylic oxidation sites excluding steroid dienone is 1. The number of halogens is 1. The van der Waals surface area contributed by atoms with Gasteiger partial charge in [0.1, 0.15) is 28.9 Å². The van der Waals surface area contributed by atoms with Crippen molar-refractivity contribution in [2.45, 2.75) is 12.8 Å². The molecule has 0 radical (unpaired) electrons. The van der Waals surface area contributed by atoms with Crippen LogP contribution in [0.3, 0.4) is 0 Å². The summed E-state index contributed by atoms with van der Waals surface area (Å²) in [5, 5.41) is 10.2. The number of esters is 1. The fourth-order valence-corrected chi connectivity index (χ4v) is 3.63. The fourth-order valence-electron chi connectivity index (χ4n) is 3.51. The van der Waals surface area contributed by atoms with Crippen LogP contribution in [0.1, 0.15) is 22.6 Å². The number of hydrogen-bond donors (Lipinski definition) is 1. The van der Waals surface area contributed by atoms with Crippen LogP contribution in [0, 0.1) is 18.3 Å². The van der Waals surface area contributed by atoms with Crippen LogP contribution in [-0.4, -0.2) is 12.6 Å². The van der Waals surface area contributed by atoms with Gasteiger partial charge in [-0.25, -0.2) is 4.79 Å². The maximum Gasteiger partial charge on any atom is 0.349 e. The summed E-state index contributed by atoms with van der Waals surface area (Å²) in [5.74, 6) is 0.304. The van der Waals surface area contributed by atoms with Crippen molar-refractivity contribution in [1.29, 1.82) is 5.26 Å². The number of fused-ring (bicyclic) bond motifs is 1. The molecule has 0 amide bonds. The number of benzene rings is 3. The summed E-state index contributed by atoms with van der Waals surface area (Å²) in [6, 6.07) is 21.7. The molecule has 7 heteroatoms. The molecule has 1 aliphatic heterocycles. The molecule has 0 saturated carbocycles. The second-order valence-corrected chi connectivity index (χ2v) is 7.69. The standard InChI is InChI=1S/C25H19ClN2O4/c1-15-3-2-4-18(11-15)30-14-23(29)31-19-9-10-20-22(12-19)32-25(28)21(13-27)24(20)16-5-7-17(26)8-6-16/h2-12,24H,14,28H2,1H3. The van der Waals surface area contributed by atoms with Gasteiger partial charge in [0.15, 0.2) is 6.61 Å².